The number of rotatable bonds is 7. The van der Waals surface area contributed by atoms with Crippen LogP contribution in [0.4, 0.5) is 5.69 Å². The van der Waals surface area contributed by atoms with Crippen LogP contribution in [0.1, 0.15) is 35.7 Å². The van der Waals surface area contributed by atoms with Crippen LogP contribution >= 0.6 is 0 Å². The number of methoxy groups -OCH3 is 4. The van der Waals surface area contributed by atoms with E-state index < -0.39 is 28.5 Å². The molecule has 0 amide bonds. The predicted octanol–water partition coefficient (Wildman–Crippen LogP) is 3.50. The van der Waals surface area contributed by atoms with Crippen LogP contribution in [0.25, 0.3) is 0 Å². The summed E-state index contributed by atoms with van der Waals surface area (Å²) >= 11 is 0. The molecule has 0 radical (unpaired) electrons. The first-order valence-electron chi connectivity index (χ1n) is 13.9. The summed E-state index contributed by atoms with van der Waals surface area (Å²) < 4.78 is 35.0. The summed E-state index contributed by atoms with van der Waals surface area (Å²) in [7, 11) is 5.88. The zero-order chi connectivity index (χ0) is 28.7. The lowest BCUT2D eigenvalue weighted by Gasteiger charge is -2.64. The topological polar surface area (TPSA) is 105 Å². The zero-order valence-electron chi connectivity index (χ0n) is 23.8. The van der Waals surface area contributed by atoms with Gasteiger partial charge in [0, 0.05) is 24.6 Å². The number of allylic oxidation sites excluding steroid dienone is 1. The van der Waals surface area contributed by atoms with Gasteiger partial charge in [-0.25, -0.2) is 4.79 Å². The molecule has 4 aliphatic heterocycles. The summed E-state index contributed by atoms with van der Waals surface area (Å²) in [4.78, 5) is 30.5. The van der Waals surface area contributed by atoms with E-state index in [0.29, 0.717) is 36.6 Å². The van der Waals surface area contributed by atoms with Crippen LogP contribution in [-0.2, 0) is 24.4 Å². The van der Waals surface area contributed by atoms with Crippen molar-refractivity contribution in [2.24, 2.45) is 11.3 Å². The minimum Gasteiger partial charge on any atom is -0.493 e. The van der Waals surface area contributed by atoms with E-state index in [1.54, 1.807) is 12.1 Å². The summed E-state index contributed by atoms with van der Waals surface area (Å²) in [6, 6.07) is 11.2. The molecule has 4 bridgehead atoms. The largest absolute Gasteiger partial charge is 0.493 e. The maximum absolute atomic E-state index is 14.4. The number of fused-ring (bicyclic) bond motifs is 4. The fraction of sp³-hybridized carbons (Fsp3) is 0.484. The van der Waals surface area contributed by atoms with Crippen molar-refractivity contribution in [3.05, 3.63) is 59.2 Å². The Hall–Kier alpha value is -3.76. The van der Waals surface area contributed by atoms with Crippen molar-refractivity contribution in [1.29, 1.82) is 0 Å². The number of hydrogen-bond donors (Lipinski definition) is 1. The first-order valence-corrected chi connectivity index (χ1v) is 13.9. The Bertz CT molecular complexity index is 1470. The molecule has 10 nitrogen and oxygen atoms in total. The van der Waals surface area contributed by atoms with Crippen molar-refractivity contribution in [3.8, 4) is 17.2 Å². The summed E-state index contributed by atoms with van der Waals surface area (Å²) in [6.45, 7) is 2.51. The molecule has 1 aliphatic carbocycles. The van der Waals surface area contributed by atoms with Gasteiger partial charge in [0.1, 0.15) is 18.2 Å². The number of esters is 2. The number of ether oxygens (including phenoxy) is 6. The van der Waals surface area contributed by atoms with Gasteiger partial charge in [-0.1, -0.05) is 29.8 Å². The lowest BCUT2D eigenvalue weighted by molar-refractivity contribution is -0.191. The van der Waals surface area contributed by atoms with E-state index in [-0.39, 0.29) is 30.4 Å². The summed E-state index contributed by atoms with van der Waals surface area (Å²) in [6.07, 6.45) is 3.18. The van der Waals surface area contributed by atoms with Crippen molar-refractivity contribution in [2.45, 2.75) is 43.2 Å². The SMILES string of the molecule is C/C=C1/CN2[C@H]3C[C@@H]1C(COC(=O)c1cc(OC)c(OC)c(OC)c1)(C(=O)OC)[C@@]14C[C@H]2O[C@@]31Nc1ccccc14. The molecule has 1 N–H and O–H groups in total. The van der Waals surface area contributed by atoms with Crippen LogP contribution in [-0.4, -0.2) is 76.4 Å². The molecule has 1 unspecified atom stereocenters. The van der Waals surface area contributed by atoms with Crippen molar-refractivity contribution >= 4 is 17.6 Å². The highest BCUT2D eigenvalue weighted by Crippen LogP contribution is 2.76. The number of hydrogen-bond acceptors (Lipinski definition) is 10. The number of nitrogens with zero attached hydrogens (tertiary/aromatic N) is 1. The number of nitrogens with one attached hydrogen (secondary N) is 1. The van der Waals surface area contributed by atoms with Crippen molar-refractivity contribution in [1.82, 2.24) is 4.90 Å². The third-order valence-electron chi connectivity index (χ3n) is 10.3. The number of anilines is 1. The molecule has 4 fully saturated rings. The van der Waals surface area contributed by atoms with Crippen molar-refractivity contribution in [3.63, 3.8) is 0 Å². The Morgan fingerprint density at radius 1 is 1.10 bits per heavy atom. The van der Waals surface area contributed by atoms with Gasteiger partial charge in [0.15, 0.2) is 17.2 Å². The van der Waals surface area contributed by atoms with Gasteiger partial charge in [-0.05, 0) is 37.1 Å². The molecule has 0 aromatic heterocycles. The van der Waals surface area contributed by atoms with E-state index in [1.165, 1.54) is 28.4 Å². The van der Waals surface area contributed by atoms with Crippen LogP contribution in [0.3, 0.4) is 0 Å². The highest BCUT2D eigenvalue weighted by atomic mass is 16.6. The Kier molecular flexibility index (Phi) is 5.66. The maximum Gasteiger partial charge on any atom is 0.338 e. The molecule has 6 atom stereocenters. The molecule has 10 heteroatoms. The standard InChI is InChI=1S/C31H34N2O8/c1-6-17-15-33-24-13-20(17)29(28(35)39-5,16-40-27(34)18-11-22(36-2)26(38-4)23(12-18)37-3)30-14-25(33)41-31(24,30)32-21-10-8-7-9-19(21)30/h6-12,20,24-25,32H,13-16H2,1-5H3/b17-6-/t20-,24-,25+,29?,30-,31-/m0/s1. The van der Waals surface area contributed by atoms with E-state index in [0.717, 1.165) is 16.8 Å². The van der Waals surface area contributed by atoms with Crippen LogP contribution in [0.15, 0.2) is 48.0 Å². The third-order valence-corrected chi connectivity index (χ3v) is 10.3. The molecule has 5 aliphatic rings. The number of para-hydroxylation sites is 1. The van der Waals surface area contributed by atoms with Gasteiger partial charge in [-0.15, -0.1) is 0 Å². The van der Waals surface area contributed by atoms with Crippen LogP contribution < -0.4 is 19.5 Å². The van der Waals surface area contributed by atoms with Crippen molar-refractivity contribution in [2.75, 3.05) is 46.9 Å². The van der Waals surface area contributed by atoms with Gasteiger partial charge in [-0.2, -0.15) is 0 Å². The number of carbonyl (C=O) groups excluding carboxylic acids is 2. The minimum absolute atomic E-state index is 0.0611. The Morgan fingerprint density at radius 3 is 2.49 bits per heavy atom. The van der Waals surface area contributed by atoms with Crippen LogP contribution in [0.2, 0.25) is 0 Å². The van der Waals surface area contributed by atoms with Gasteiger partial charge in [0.25, 0.3) is 0 Å². The first-order chi connectivity index (χ1) is 19.8. The number of benzene rings is 2. The number of carbonyl (C=O) groups is 2. The molecular weight excluding hydrogens is 528 g/mol. The molecule has 1 saturated carbocycles. The fourth-order valence-corrected chi connectivity index (χ4v) is 8.76. The molecule has 41 heavy (non-hydrogen) atoms. The smallest absolute Gasteiger partial charge is 0.338 e. The summed E-state index contributed by atoms with van der Waals surface area (Å²) in [5, 5.41) is 3.73. The zero-order valence-corrected chi connectivity index (χ0v) is 23.8. The molecular formula is C31H34N2O8. The average Bonchev–Trinajstić information content (AvgIpc) is 3.62. The second kappa shape index (κ2) is 8.87. The average molecular weight is 563 g/mol. The molecule has 3 saturated heterocycles. The third kappa shape index (κ3) is 2.94. The first kappa shape index (κ1) is 26.2. The normalized spacial score (nSPS) is 34.6. The van der Waals surface area contributed by atoms with Gasteiger partial charge in [-0.3, -0.25) is 9.69 Å². The summed E-state index contributed by atoms with van der Waals surface area (Å²) in [5.74, 6) is -0.188. The maximum atomic E-state index is 14.4. The second-order valence-corrected chi connectivity index (χ2v) is 11.4. The molecule has 216 valence electrons. The quantitative estimate of drug-likeness (QED) is 0.398. The summed E-state index contributed by atoms with van der Waals surface area (Å²) in [5.41, 5.74) is 0.387. The highest BCUT2D eigenvalue weighted by Gasteiger charge is 2.87. The lowest BCUT2D eigenvalue weighted by Crippen LogP contribution is -2.78. The molecule has 2 aromatic rings. The predicted molar refractivity (Wildman–Crippen MR) is 147 cm³/mol. The van der Waals surface area contributed by atoms with Gasteiger partial charge in [0.05, 0.1) is 45.5 Å². The minimum atomic E-state index is -1.24. The van der Waals surface area contributed by atoms with Crippen LogP contribution in [0.5, 0.6) is 17.2 Å². The molecule has 2 aromatic carbocycles. The Labute approximate surface area is 238 Å². The van der Waals surface area contributed by atoms with E-state index in [2.05, 4.69) is 22.4 Å². The van der Waals surface area contributed by atoms with E-state index >= 15 is 0 Å². The van der Waals surface area contributed by atoms with E-state index in [9.17, 15) is 9.59 Å². The van der Waals surface area contributed by atoms with Crippen molar-refractivity contribution < 1.29 is 38.0 Å². The Morgan fingerprint density at radius 2 is 1.83 bits per heavy atom. The number of piperidine rings is 2. The van der Waals surface area contributed by atoms with E-state index in [1.807, 2.05) is 25.1 Å². The molecule has 1 spiro atoms. The van der Waals surface area contributed by atoms with Crippen LogP contribution in [0, 0.1) is 11.3 Å². The second-order valence-electron chi connectivity index (χ2n) is 11.4. The molecule has 4 heterocycles. The van der Waals surface area contributed by atoms with Gasteiger partial charge in [0.2, 0.25) is 5.75 Å². The van der Waals surface area contributed by atoms with Gasteiger partial charge >= 0.3 is 11.9 Å². The van der Waals surface area contributed by atoms with Gasteiger partial charge < -0.3 is 33.7 Å². The highest BCUT2D eigenvalue weighted by molar-refractivity contribution is 5.92. The fourth-order valence-electron chi connectivity index (χ4n) is 8.76. The van der Waals surface area contributed by atoms with E-state index in [4.69, 9.17) is 28.4 Å². The Balaban J connectivity index is 1.38. The monoisotopic (exact) mass is 562 g/mol. The lowest BCUT2D eigenvalue weighted by atomic mass is 9.42. The molecule has 7 rings (SSSR count).